The summed E-state index contributed by atoms with van der Waals surface area (Å²) < 4.78 is 16.0. The second-order valence-corrected chi connectivity index (χ2v) is 8.92. The van der Waals surface area contributed by atoms with Gasteiger partial charge < -0.3 is 19.9 Å². The molecule has 2 N–H and O–H groups in total. The first-order chi connectivity index (χ1) is 15.8. The fourth-order valence-corrected chi connectivity index (χ4v) is 4.57. The molecule has 0 bridgehead atoms. The van der Waals surface area contributed by atoms with Gasteiger partial charge in [0.05, 0.1) is 22.5 Å². The summed E-state index contributed by atoms with van der Waals surface area (Å²) in [5.41, 5.74) is 3.14. The largest absolute Gasteiger partial charge is 0.353 e. The van der Waals surface area contributed by atoms with Crippen molar-refractivity contribution in [3.05, 3.63) is 59.6 Å². The van der Waals surface area contributed by atoms with E-state index in [1.54, 1.807) is 36.1 Å². The number of imidazole rings is 1. The Balaban J connectivity index is 1.53. The van der Waals surface area contributed by atoms with Gasteiger partial charge >= 0.3 is 0 Å². The first kappa shape index (κ1) is 21.3. The number of hydrogen-bond acceptors (Lipinski definition) is 6. The summed E-state index contributed by atoms with van der Waals surface area (Å²) in [5, 5.41) is 7.15. The first-order valence-corrected chi connectivity index (χ1v) is 11.0. The standard InChI is InChI=1S/C24H26FN7O/c1-13-5-18-21(26-7-13)19(8-27-22(18)31-9-14(2)28-15(3)10-31)24(33)30-17-6-20(25)23-29-16(4)11-32(23)12-17/h5-8,11-12,14-15,28H,9-10H2,1-4H3,(H,30,33)/t14-,15-/m1/s1. The molecule has 5 heterocycles. The van der Waals surface area contributed by atoms with E-state index >= 15 is 0 Å². The number of hydrogen-bond donors (Lipinski definition) is 2. The highest BCUT2D eigenvalue weighted by Crippen LogP contribution is 2.29. The molecule has 170 valence electrons. The molecule has 1 saturated heterocycles. The second kappa shape index (κ2) is 8.08. The van der Waals surface area contributed by atoms with Crippen LogP contribution in [0.25, 0.3) is 16.6 Å². The second-order valence-electron chi connectivity index (χ2n) is 8.92. The van der Waals surface area contributed by atoms with Gasteiger partial charge in [0.1, 0.15) is 5.82 Å². The Bertz CT molecular complexity index is 1370. The van der Waals surface area contributed by atoms with E-state index in [1.807, 2.05) is 13.0 Å². The Morgan fingerprint density at radius 2 is 1.88 bits per heavy atom. The maximum Gasteiger partial charge on any atom is 0.259 e. The lowest BCUT2D eigenvalue weighted by Crippen LogP contribution is -2.54. The summed E-state index contributed by atoms with van der Waals surface area (Å²) in [6.45, 7) is 9.68. The number of carbonyl (C=O) groups excluding carboxylic acids is 1. The minimum Gasteiger partial charge on any atom is -0.353 e. The first-order valence-electron chi connectivity index (χ1n) is 11.0. The average molecular weight is 448 g/mol. The molecule has 0 unspecified atom stereocenters. The van der Waals surface area contributed by atoms with Crippen LogP contribution in [-0.2, 0) is 0 Å². The number of carbonyl (C=O) groups is 1. The third kappa shape index (κ3) is 4.00. The van der Waals surface area contributed by atoms with E-state index in [1.165, 1.54) is 6.07 Å². The number of anilines is 2. The fraction of sp³-hybridized carbons (Fsp3) is 0.333. The average Bonchev–Trinajstić information content (AvgIpc) is 3.12. The predicted molar refractivity (Wildman–Crippen MR) is 126 cm³/mol. The maximum absolute atomic E-state index is 14.5. The Labute approximate surface area is 190 Å². The number of nitrogens with zero attached hydrogens (tertiary/aromatic N) is 5. The molecule has 0 aromatic carbocycles. The summed E-state index contributed by atoms with van der Waals surface area (Å²) >= 11 is 0. The monoisotopic (exact) mass is 447 g/mol. The molecule has 1 amide bonds. The molecule has 1 aliphatic heterocycles. The summed E-state index contributed by atoms with van der Waals surface area (Å²) in [5.74, 6) is -0.0812. The van der Waals surface area contributed by atoms with Gasteiger partial charge in [-0.1, -0.05) is 0 Å². The topological polar surface area (TPSA) is 87.5 Å². The molecule has 0 radical (unpaired) electrons. The van der Waals surface area contributed by atoms with Crippen LogP contribution in [0.1, 0.15) is 35.5 Å². The molecule has 2 atom stereocenters. The van der Waals surface area contributed by atoms with Crippen LogP contribution < -0.4 is 15.5 Å². The van der Waals surface area contributed by atoms with Crippen LogP contribution in [0.15, 0.2) is 36.9 Å². The van der Waals surface area contributed by atoms with Crippen LogP contribution in [0.4, 0.5) is 15.9 Å². The van der Waals surface area contributed by atoms with E-state index in [4.69, 9.17) is 0 Å². The minimum absolute atomic E-state index is 0.221. The van der Waals surface area contributed by atoms with Crippen molar-refractivity contribution in [3.63, 3.8) is 0 Å². The van der Waals surface area contributed by atoms with Gasteiger partial charge in [-0.2, -0.15) is 0 Å². The van der Waals surface area contributed by atoms with E-state index in [-0.39, 0.29) is 5.65 Å². The molecule has 5 rings (SSSR count). The lowest BCUT2D eigenvalue weighted by atomic mass is 10.1. The van der Waals surface area contributed by atoms with Crippen LogP contribution in [-0.4, -0.2) is 50.4 Å². The zero-order valence-corrected chi connectivity index (χ0v) is 19.1. The molecule has 1 aliphatic rings. The van der Waals surface area contributed by atoms with Crippen LogP contribution in [0.5, 0.6) is 0 Å². The van der Waals surface area contributed by atoms with Crippen molar-refractivity contribution in [1.82, 2.24) is 24.7 Å². The van der Waals surface area contributed by atoms with Crippen LogP contribution in [0.3, 0.4) is 0 Å². The lowest BCUT2D eigenvalue weighted by Gasteiger charge is -2.37. The molecule has 1 fully saturated rings. The highest BCUT2D eigenvalue weighted by Gasteiger charge is 2.25. The molecule has 4 aromatic heterocycles. The van der Waals surface area contributed by atoms with Gasteiger partial charge in [-0.25, -0.2) is 14.4 Å². The van der Waals surface area contributed by atoms with Crippen molar-refractivity contribution in [2.75, 3.05) is 23.3 Å². The number of amides is 1. The molecule has 0 saturated carbocycles. The van der Waals surface area contributed by atoms with Crippen LogP contribution in [0, 0.1) is 19.7 Å². The number of aryl methyl sites for hydroxylation is 2. The van der Waals surface area contributed by atoms with Gasteiger partial charge in [0.2, 0.25) is 0 Å². The molecule has 4 aromatic rings. The number of halogens is 1. The van der Waals surface area contributed by atoms with Crippen LogP contribution in [0.2, 0.25) is 0 Å². The normalized spacial score (nSPS) is 18.8. The summed E-state index contributed by atoms with van der Waals surface area (Å²) in [7, 11) is 0. The van der Waals surface area contributed by atoms with Crippen molar-refractivity contribution >= 4 is 34.0 Å². The summed E-state index contributed by atoms with van der Waals surface area (Å²) in [6.07, 6.45) is 6.65. The zero-order valence-electron chi connectivity index (χ0n) is 19.1. The van der Waals surface area contributed by atoms with Gasteiger partial charge in [-0.3, -0.25) is 9.78 Å². The van der Waals surface area contributed by atoms with E-state index in [0.717, 1.165) is 29.9 Å². The SMILES string of the molecule is Cc1cnc2c(C(=O)Nc3cc(F)c4nc(C)cn4c3)cnc(N3C[C@@H](C)N[C@H](C)C3)c2c1. The molecule has 8 nitrogen and oxygen atoms in total. The predicted octanol–water partition coefficient (Wildman–Crippen LogP) is 3.47. The van der Waals surface area contributed by atoms with Crippen molar-refractivity contribution in [2.45, 2.75) is 39.8 Å². The lowest BCUT2D eigenvalue weighted by molar-refractivity contribution is 0.102. The maximum atomic E-state index is 14.5. The van der Waals surface area contributed by atoms with Crippen molar-refractivity contribution in [2.24, 2.45) is 0 Å². The summed E-state index contributed by atoms with van der Waals surface area (Å²) in [6, 6.07) is 3.93. The Hall–Kier alpha value is -3.59. The number of fused-ring (bicyclic) bond motifs is 2. The van der Waals surface area contributed by atoms with E-state index in [9.17, 15) is 9.18 Å². The van der Waals surface area contributed by atoms with Gasteiger partial charge in [0, 0.05) is 61.4 Å². The van der Waals surface area contributed by atoms with E-state index < -0.39 is 11.7 Å². The third-order valence-electron chi connectivity index (χ3n) is 5.82. The Morgan fingerprint density at radius 1 is 1.12 bits per heavy atom. The number of pyridine rings is 3. The summed E-state index contributed by atoms with van der Waals surface area (Å²) in [4.78, 5) is 28.8. The molecule has 9 heteroatoms. The van der Waals surface area contributed by atoms with Crippen molar-refractivity contribution in [1.29, 1.82) is 0 Å². The number of piperazine rings is 1. The fourth-order valence-electron chi connectivity index (χ4n) is 4.57. The van der Waals surface area contributed by atoms with Crippen molar-refractivity contribution in [3.8, 4) is 0 Å². The Kier molecular flexibility index (Phi) is 5.20. The minimum atomic E-state index is -0.505. The smallest absolute Gasteiger partial charge is 0.259 e. The molecular weight excluding hydrogens is 421 g/mol. The van der Waals surface area contributed by atoms with Gasteiger partial charge in [-0.15, -0.1) is 0 Å². The number of aromatic nitrogens is 4. The van der Waals surface area contributed by atoms with Crippen molar-refractivity contribution < 1.29 is 9.18 Å². The number of nitrogens with one attached hydrogen (secondary N) is 2. The molecule has 0 aliphatic carbocycles. The molecule has 33 heavy (non-hydrogen) atoms. The van der Waals surface area contributed by atoms with E-state index in [2.05, 4.69) is 44.3 Å². The zero-order chi connectivity index (χ0) is 23.3. The molecular formula is C24H26FN7O. The van der Waals surface area contributed by atoms with Gasteiger partial charge in [-0.05, 0) is 39.3 Å². The quantitative estimate of drug-likeness (QED) is 0.500. The molecule has 0 spiro atoms. The van der Waals surface area contributed by atoms with Gasteiger partial charge in [0.25, 0.3) is 5.91 Å². The number of rotatable bonds is 3. The Morgan fingerprint density at radius 3 is 2.64 bits per heavy atom. The van der Waals surface area contributed by atoms with E-state index in [0.29, 0.717) is 34.5 Å². The third-order valence-corrected chi connectivity index (χ3v) is 5.82. The van der Waals surface area contributed by atoms with Crippen LogP contribution >= 0.6 is 0 Å². The highest BCUT2D eigenvalue weighted by molar-refractivity contribution is 6.13. The van der Waals surface area contributed by atoms with Gasteiger partial charge in [0.15, 0.2) is 11.5 Å². The highest BCUT2D eigenvalue weighted by atomic mass is 19.1.